The van der Waals surface area contributed by atoms with Crippen LogP contribution in [-0.2, 0) is 11.3 Å². The highest BCUT2D eigenvalue weighted by molar-refractivity contribution is 8.15. The number of carbonyl (C=O) groups is 1. The predicted octanol–water partition coefficient (Wildman–Crippen LogP) is 5.09. The van der Waals surface area contributed by atoms with E-state index in [2.05, 4.69) is 34.5 Å². The minimum absolute atomic E-state index is 0.0915. The zero-order chi connectivity index (χ0) is 20.9. The fourth-order valence-electron chi connectivity index (χ4n) is 3.43. The number of hydrogen-bond donors (Lipinski definition) is 0. The summed E-state index contributed by atoms with van der Waals surface area (Å²) in [5.41, 5.74) is 2.02. The van der Waals surface area contributed by atoms with Gasteiger partial charge in [-0.05, 0) is 52.6 Å². The van der Waals surface area contributed by atoms with Crippen molar-refractivity contribution in [3.05, 3.63) is 77.9 Å². The van der Waals surface area contributed by atoms with Crippen molar-refractivity contribution in [2.24, 2.45) is 10.2 Å². The summed E-state index contributed by atoms with van der Waals surface area (Å²) in [6.45, 7) is 2.51. The number of hydrogen-bond acceptors (Lipinski definition) is 5. The first kappa shape index (κ1) is 20.2. The molecule has 1 atom stereocenters. The molecule has 1 fully saturated rings. The second-order valence-electron chi connectivity index (χ2n) is 6.98. The number of rotatable bonds is 6. The van der Waals surface area contributed by atoms with Crippen LogP contribution < -0.4 is 4.74 Å². The third-order valence-corrected chi connectivity index (χ3v) is 6.40. The molecule has 1 heterocycles. The van der Waals surface area contributed by atoms with Crippen molar-refractivity contribution >= 4 is 39.8 Å². The fourth-order valence-corrected chi connectivity index (χ4v) is 4.45. The van der Waals surface area contributed by atoms with E-state index in [0.29, 0.717) is 11.7 Å². The molecule has 0 spiro atoms. The van der Waals surface area contributed by atoms with E-state index >= 15 is 0 Å². The molecule has 3 aromatic rings. The molecule has 1 aliphatic heterocycles. The normalized spacial score (nSPS) is 18.1. The van der Waals surface area contributed by atoms with E-state index in [-0.39, 0.29) is 11.2 Å². The average molecular weight is 418 g/mol. The van der Waals surface area contributed by atoms with Crippen molar-refractivity contribution < 1.29 is 9.53 Å². The van der Waals surface area contributed by atoms with Gasteiger partial charge in [-0.25, -0.2) is 0 Å². The van der Waals surface area contributed by atoms with Gasteiger partial charge in [0.15, 0.2) is 5.17 Å². The number of benzene rings is 3. The summed E-state index contributed by atoms with van der Waals surface area (Å²) in [6, 6.07) is 22.0. The van der Waals surface area contributed by atoms with Crippen LogP contribution in [0.2, 0.25) is 0 Å². The molecular formula is C24H23N3O2S. The van der Waals surface area contributed by atoms with Gasteiger partial charge in [0, 0.05) is 0 Å². The highest BCUT2D eigenvalue weighted by Crippen LogP contribution is 2.32. The molecule has 0 saturated carbocycles. The molecule has 1 aliphatic rings. The lowest BCUT2D eigenvalue weighted by Crippen LogP contribution is -2.31. The molecule has 0 bridgehead atoms. The quantitative estimate of drug-likeness (QED) is 0.415. The third kappa shape index (κ3) is 4.24. The summed E-state index contributed by atoms with van der Waals surface area (Å²) in [5.74, 6) is 0.885. The first-order valence-corrected chi connectivity index (χ1v) is 10.8. The minimum atomic E-state index is -0.116. The lowest BCUT2D eigenvalue weighted by molar-refractivity contribution is -0.126. The van der Waals surface area contributed by atoms with Gasteiger partial charge >= 0.3 is 0 Å². The van der Waals surface area contributed by atoms with Crippen molar-refractivity contribution in [3.63, 3.8) is 0 Å². The Labute approximate surface area is 180 Å². The number of amides is 1. The van der Waals surface area contributed by atoms with Crippen molar-refractivity contribution in [2.45, 2.75) is 25.1 Å². The summed E-state index contributed by atoms with van der Waals surface area (Å²) in [6.07, 6.45) is 2.45. The first-order valence-electron chi connectivity index (χ1n) is 9.89. The molecule has 0 N–H and O–H groups in total. The fraction of sp³-hybridized carbons (Fsp3) is 0.208. The maximum Gasteiger partial charge on any atom is 0.242 e. The van der Waals surface area contributed by atoms with Crippen molar-refractivity contribution in [2.75, 3.05) is 7.11 Å². The number of fused-ring (bicyclic) bond motifs is 1. The van der Waals surface area contributed by atoms with Gasteiger partial charge in [-0.15, -0.1) is 5.10 Å². The zero-order valence-electron chi connectivity index (χ0n) is 17.0. The third-order valence-electron chi connectivity index (χ3n) is 5.07. The van der Waals surface area contributed by atoms with Crippen LogP contribution in [0.25, 0.3) is 10.8 Å². The van der Waals surface area contributed by atoms with Gasteiger partial charge in [-0.1, -0.05) is 61.2 Å². The molecule has 6 heteroatoms. The molecule has 30 heavy (non-hydrogen) atoms. The summed E-state index contributed by atoms with van der Waals surface area (Å²) in [5, 5.41) is 11.5. The van der Waals surface area contributed by atoms with Crippen molar-refractivity contribution in [1.29, 1.82) is 0 Å². The summed E-state index contributed by atoms with van der Waals surface area (Å²) in [7, 11) is 1.64. The maximum atomic E-state index is 12.9. The van der Waals surface area contributed by atoms with E-state index in [9.17, 15) is 4.79 Å². The van der Waals surface area contributed by atoms with Crippen LogP contribution in [0.4, 0.5) is 0 Å². The Morgan fingerprint density at radius 1 is 1.07 bits per heavy atom. The molecule has 3 aromatic carbocycles. The van der Waals surface area contributed by atoms with E-state index < -0.39 is 0 Å². The van der Waals surface area contributed by atoms with Crippen LogP contribution in [0.1, 0.15) is 24.5 Å². The largest absolute Gasteiger partial charge is 0.497 e. The Bertz CT molecular complexity index is 1100. The Balaban J connectivity index is 1.59. The van der Waals surface area contributed by atoms with Crippen LogP contribution in [-0.4, -0.2) is 34.5 Å². The maximum absolute atomic E-state index is 12.9. The highest BCUT2D eigenvalue weighted by atomic mass is 32.2. The second kappa shape index (κ2) is 9.13. The first-order chi connectivity index (χ1) is 14.7. The number of amidine groups is 1. The van der Waals surface area contributed by atoms with Crippen molar-refractivity contribution in [3.8, 4) is 5.75 Å². The number of carbonyl (C=O) groups excluding carboxylic acids is 1. The predicted molar refractivity (Wildman–Crippen MR) is 124 cm³/mol. The van der Waals surface area contributed by atoms with E-state index in [1.54, 1.807) is 18.2 Å². The van der Waals surface area contributed by atoms with Crippen LogP contribution in [0.3, 0.4) is 0 Å². The van der Waals surface area contributed by atoms with Gasteiger partial charge in [0.2, 0.25) is 5.91 Å². The standard InChI is InChI=1S/C24H23N3O2S/c1-3-22-23(28)27(16-19-9-6-8-18-7-4-5-10-21(18)19)24(30-22)26-25-15-17-11-13-20(29-2)14-12-17/h4-15,22H,3,16H2,1-2H3/b25-15+,26-24-. The zero-order valence-corrected chi connectivity index (χ0v) is 17.8. The summed E-state index contributed by atoms with van der Waals surface area (Å²) < 4.78 is 5.17. The summed E-state index contributed by atoms with van der Waals surface area (Å²) >= 11 is 1.49. The lowest BCUT2D eigenvalue weighted by Gasteiger charge is -2.17. The van der Waals surface area contributed by atoms with Crippen LogP contribution >= 0.6 is 11.8 Å². The smallest absolute Gasteiger partial charge is 0.242 e. The Morgan fingerprint density at radius 3 is 2.60 bits per heavy atom. The topological polar surface area (TPSA) is 54.3 Å². The molecule has 0 aliphatic carbocycles. The van der Waals surface area contributed by atoms with E-state index in [1.165, 1.54) is 11.8 Å². The summed E-state index contributed by atoms with van der Waals surface area (Å²) in [4.78, 5) is 14.7. The molecule has 0 aromatic heterocycles. The Morgan fingerprint density at radius 2 is 1.83 bits per heavy atom. The number of thioether (sulfide) groups is 1. The second-order valence-corrected chi connectivity index (χ2v) is 8.15. The molecular weight excluding hydrogens is 394 g/mol. The average Bonchev–Trinajstić information content (AvgIpc) is 3.09. The highest BCUT2D eigenvalue weighted by Gasteiger charge is 2.37. The minimum Gasteiger partial charge on any atom is -0.497 e. The van der Waals surface area contributed by atoms with Gasteiger partial charge < -0.3 is 4.74 Å². The monoisotopic (exact) mass is 417 g/mol. The van der Waals surface area contributed by atoms with Gasteiger partial charge in [0.25, 0.3) is 0 Å². The van der Waals surface area contributed by atoms with Crippen LogP contribution in [0.5, 0.6) is 5.75 Å². The Hall–Kier alpha value is -3.12. The van der Waals surface area contributed by atoms with Gasteiger partial charge in [-0.2, -0.15) is 5.10 Å². The van der Waals surface area contributed by atoms with E-state index in [4.69, 9.17) is 4.74 Å². The molecule has 1 saturated heterocycles. The van der Waals surface area contributed by atoms with Crippen LogP contribution in [0, 0.1) is 0 Å². The van der Waals surface area contributed by atoms with E-state index in [1.807, 2.05) is 49.4 Å². The number of nitrogens with zero attached hydrogens (tertiary/aromatic N) is 3. The van der Waals surface area contributed by atoms with E-state index in [0.717, 1.165) is 34.1 Å². The molecule has 1 amide bonds. The number of ether oxygens (including phenoxy) is 1. The number of methoxy groups -OCH3 is 1. The van der Waals surface area contributed by atoms with Crippen LogP contribution in [0.15, 0.2) is 76.9 Å². The van der Waals surface area contributed by atoms with Gasteiger partial charge in [0.05, 0.1) is 25.1 Å². The molecule has 152 valence electrons. The van der Waals surface area contributed by atoms with Gasteiger partial charge in [-0.3, -0.25) is 9.69 Å². The molecule has 1 unspecified atom stereocenters. The molecule has 4 rings (SSSR count). The van der Waals surface area contributed by atoms with Gasteiger partial charge in [0.1, 0.15) is 5.75 Å². The molecule has 0 radical (unpaired) electrons. The lowest BCUT2D eigenvalue weighted by atomic mass is 10.0. The SMILES string of the molecule is CCC1S/C(=N\N=C\c2ccc(OC)cc2)N(Cc2cccc3ccccc23)C1=O. The Kier molecular flexibility index (Phi) is 6.14. The van der Waals surface area contributed by atoms with Crippen molar-refractivity contribution in [1.82, 2.24) is 4.90 Å². The molecule has 5 nitrogen and oxygen atoms in total.